The van der Waals surface area contributed by atoms with E-state index in [0.717, 1.165) is 30.4 Å². The fraction of sp³-hybridized carbons (Fsp3) is 0.464. The van der Waals surface area contributed by atoms with Gasteiger partial charge in [-0.15, -0.1) is 0 Å². The zero-order valence-electron chi connectivity index (χ0n) is 20.2. The number of carbonyl (C=O) groups excluding carboxylic acids is 2. The van der Waals surface area contributed by atoms with Crippen molar-refractivity contribution in [1.29, 1.82) is 0 Å². The topological polar surface area (TPSA) is 95.9 Å². The molecule has 7 nitrogen and oxygen atoms in total. The number of amides is 2. The molecule has 186 valence electrons. The number of carbonyl (C=O) groups is 3. The first-order valence-electron chi connectivity index (χ1n) is 12.6. The summed E-state index contributed by atoms with van der Waals surface area (Å²) in [5.41, 5.74) is 4.64. The number of carboxylic acid groups (broad SMARTS) is 1. The molecule has 2 aliphatic rings. The molecule has 1 fully saturated rings. The van der Waals surface area contributed by atoms with E-state index in [1.807, 2.05) is 31.2 Å². The van der Waals surface area contributed by atoms with E-state index in [4.69, 9.17) is 9.84 Å². The second kappa shape index (κ2) is 11.4. The summed E-state index contributed by atoms with van der Waals surface area (Å²) in [5, 5.41) is 11.9. The number of fused-ring (bicyclic) bond motifs is 3. The van der Waals surface area contributed by atoms with Gasteiger partial charge >= 0.3 is 12.1 Å². The van der Waals surface area contributed by atoms with Gasteiger partial charge in [0, 0.05) is 31.5 Å². The highest BCUT2D eigenvalue weighted by molar-refractivity contribution is 5.80. The molecule has 2 amide bonds. The number of rotatable bonds is 12. The summed E-state index contributed by atoms with van der Waals surface area (Å²) < 4.78 is 5.66. The third-order valence-corrected chi connectivity index (χ3v) is 6.85. The number of hydrogen-bond acceptors (Lipinski definition) is 4. The van der Waals surface area contributed by atoms with Crippen LogP contribution in [0.25, 0.3) is 11.1 Å². The van der Waals surface area contributed by atoms with Crippen molar-refractivity contribution in [2.24, 2.45) is 5.92 Å². The normalized spacial score (nSPS) is 15.1. The molecule has 2 N–H and O–H groups in total. The van der Waals surface area contributed by atoms with Crippen LogP contribution in [0.5, 0.6) is 0 Å². The number of nitrogens with zero attached hydrogens (tertiary/aromatic N) is 1. The van der Waals surface area contributed by atoms with Crippen molar-refractivity contribution in [2.75, 3.05) is 19.7 Å². The molecule has 35 heavy (non-hydrogen) atoms. The Bertz CT molecular complexity index is 1020. The summed E-state index contributed by atoms with van der Waals surface area (Å²) in [6, 6.07) is 16.0. The Morgan fingerprint density at radius 2 is 1.69 bits per heavy atom. The molecule has 2 aliphatic carbocycles. The molecule has 0 aromatic heterocycles. The lowest BCUT2D eigenvalue weighted by Crippen LogP contribution is -2.42. The number of ether oxygens (including phenoxy) is 1. The number of benzene rings is 2. The van der Waals surface area contributed by atoms with Gasteiger partial charge in [-0.1, -0.05) is 61.9 Å². The minimum absolute atomic E-state index is 0.0236. The zero-order chi connectivity index (χ0) is 24.8. The highest BCUT2D eigenvalue weighted by atomic mass is 16.5. The van der Waals surface area contributed by atoms with Gasteiger partial charge in [-0.25, -0.2) is 4.79 Å². The van der Waals surface area contributed by atoms with Crippen molar-refractivity contribution in [3.63, 3.8) is 0 Å². The minimum Gasteiger partial charge on any atom is -0.481 e. The van der Waals surface area contributed by atoms with Crippen LogP contribution in [-0.4, -0.2) is 53.7 Å². The molecule has 0 saturated heterocycles. The molecule has 4 rings (SSSR count). The van der Waals surface area contributed by atoms with Crippen LogP contribution < -0.4 is 5.32 Å². The maximum Gasteiger partial charge on any atom is 0.407 e. The molecule has 2 aromatic rings. The number of hydrogen-bond donors (Lipinski definition) is 2. The van der Waals surface area contributed by atoms with E-state index in [2.05, 4.69) is 29.6 Å². The molecule has 0 aliphatic heterocycles. The SMILES string of the molecule is CCC[C@@H](CC(=O)N(CCC(=O)O)CC1CC1)NC(=O)OCC1c2ccccc2-c2ccccc21. The Kier molecular flexibility index (Phi) is 8.06. The molecular weight excluding hydrogens is 444 g/mol. The third-order valence-electron chi connectivity index (χ3n) is 6.85. The predicted octanol–water partition coefficient (Wildman–Crippen LogP) is 4.80. The van der Waals surface area contributed by atoms with Crippen LogP contribution in [0.15, 0.2) is 48.5 Å². The number of alkyl carbamates (subject to hydrolysis) is 1. The van der Waals surface area contributed by atoms with Crippen molar-refractivity contribution in [3.05, 3.63) is 59.7 Å². The Morgan fingerprint density at radius 1 is 1.06 bits per heavy atom. The molecule has 0 bridgehead atoms. The fourth-order valence-electron chi connectivity index (χ4n) is 4.88. The molecule has 0 radical (unpaired) electrons. The fourth-order valence-corrected chi connectivity index (χ4v) is 4.88. The molecule has 1 saturated carbocycles. The van der Waals surface area contributed by atoms with Crippen LogP contribution in [0.2, 0.25) is 0 Å². The lowest BCUT2D eigenvalue weighted by molar-refractivity contribution is -0.138. The monoisotopic (exact) mass is 478 g/mol. The lowest BCUT2D eigenvalue weighted by Gasteiger charge is -2.25. The summed E-state index contributed by atoms with van der Waals surface area (Å²) >= 11 is 0. The van der Waals surface area contributed by atoms with E-state index in [-0.39, 0.29) is 43.9 Å². The molecule has 2 aromatic carbocycles. The van der Waals surface area contributed by atoms with Crippen LogP contribution >= 0.6 is 0 Å². The summed E-state index contributed by atoms with van der Waals surface area (Å²) in [6.07, 6.45) is 3.14. The van der Waals surface area contributed by atoms with Crippen molar-refractivity contribution < 1.29 is 24.2 Å². The first-order chi connectivity index (χ1) is 17.0. The van der Waals surface area contributed by atoms with E-state index in [1.54, 1.807) is 4.90 Å². The van der Waals surface area contributed by atoms with Gasteiger partial charge in [0.25, 0.3) is 0 Å². The molecule has 0 spiro atoms. The van der Waals surface area contributed by atoms with E-state index in [1.165, 1.54) is 11.1 Å². The first-order valence-corrected chi connectivity index (χ1v) is 12.6. The number of nitrogens with one attached hydrogen (secondary N) is 1. The third kappa shape index (κ3) is 6.41. The van der Waals surface area contributed by atoms with Crippen LogP contribution in [0.4, 0.5) is 4.79 Å². The summed E-state index contributed by atoms with van der Waals surface area (Å²) in [6.45, 7) is 3.02. The summed E-state index contributed by atoms with van der Waals surface area (Å²) in [4.78, 5) is 38.4. The van der Waals surface area contributed by atoms with Crippen LogP contribution in [0.1, 0.15) is 62.5 Å². The highest BCUT2D eigenvalue weighted by Gasteiger charge is 2.30. The van der Waals surface area contributed by atoms with Crippen molar-refractivity contribution in [1.82, 2.24) is 10.2 Å². The average molecular weight is 479 g/mol. The van der Waals surface area contributed by atoms with Gasteiger partial charge in [0.1, 0.15) is 6.61 Å². The molecular formula is C28H34N2O5. The number of aliphatic carboxylic acids is 1. The van der Waals surface area contributed by atoms with Crippen molar-refractivity contribution in [2.45, 2.75) is 57.4 Å². The maximum absolute atomic E-state index is 13.0. The Hall–Kier alpha value is -3.35. The van der Waals surface area contributed by atoms with Crippen LogP contribution in [0, 0.1) is 5.92 Å². The second-order valence-electron chi connectivity index (χ2n) is 9.59. The van der Waals surface area contributed by atoms with Gasteiger partial charge < -0.3 is 20.1 Å². The van der Waals surface area contributed by atoms with Crippen molar-refractivity contribution >= 4 is 18.0 Å². The number of carboxylic acids is 1. The van der Waals surface area contributed by atoms with Gasteiger partial charge in [-0.05, 0) is 47.4 Å². The Labute approximate surface area is 206 Å². The van der Waals surface area contributed by atoms with E-state index >= 15 is 0 Å². The summed E-state index contributed by atoms with van der Waals surface area (Å²) in [5.74, 6) is -0.590. The maximum atomic E-state index is 13.0. The standard InChI is InChI=1S/C28H34N2O5/c1-2-7-20(16-26(31)30(15-14-27(32)33)17-19-12-13-19)29-28(34)35-18-25-23-10-5-3-8-21(23)22-9-4-6-11-24(22)25/h3-6,8-11,19-20,25H,2,7,12-18H2,1H3,(H,29,34)(H,32,33)/t20-/m0/s1. The second-order valence-corrected chi connectivity index (χ2v) is 9.59. The molecule has 0 unspecified atom stereocenters. The predicted molar refractivity (Wildman–Crippen MR) is 133 cm³/mol. The van der Waals surface area contributed by atoms with E-state index in [0.29, 0.717) is 18.9 Å². The van der Waals surface area contributed by atoms with Gasteiger partial charge in [-0.2, -0.15) is 0 Å². The molecule has 0 heterocycles. The van der Waals surface area contributed by atoms with E-state index in [9.17, 15) is 14.4 Å². The largest absolute Gasteiger partial charge is 0.481 e. The average Bonchev–Trinajstić information content (AvgIpc) is 3.61. The first kappa shape index (κ1) is 24.8. The van der Waals surface area contributed by atoms with Gasteiger partial charge in [0.15, 0.2) is 0 Å². The Morgan fingerprint density at radius 3 is 2.26 bits per heavy atom. The smallest absolute Gasteiger partial charge is 0.407 e. The van der Waals surface area contributed by atoms with E-state index < -0.39 is 12.1 Å². The van der Waals surface area contributed by atoms with Gasteiger partial charge in [0.2, 0.25) is 5.91 Å². The Balaban J connectivity index is 1.35. The molecule has 1 atom stereocenters. The van der Waals surface area contributed by atoms with Crippen LogP contribution in [-0.2, 0) is 14.3 Å². The minimum atomic E-state index is -0.916. The molecule has 7 heteroatoms. The van der Waals surface area contributed by atoms with Crippen LogP contribution in [0.3, 0.4) is 0 Å². The summed E-state index contributed by atoms with van der Waals surface area (Å²) in [7, 11) is 0. The quantitative estimate of drug-likeness (QED) is 0.457. The zero-order valence-corrected chi connectivity index (χ0v) is 20.2. The highest BCUT2D eigenvalue weighted by Crippen LogP contribution is 2.44. The van der Waals surface area contributed by atoms with Crippen molar-refractivity contribution in [3.8, 4) is 11.1 Å². The lowest BCUT2D eigenvalue weighted by atomic mass is 9.98. The van der Waals surface area contributed by atoms with Gasteiger partial charge in [-0.3, -0.25) is 9.59 Å². The van der Waals surface area contributed by atoms with Gasteiger partial charge in [0.05, 0.1) is 6.42 Å².